The molecule has 56 valence electrons. The Balaban J connectivity index is 3.53. The molecule has 0 aromatic carbocycles. The maximum Gasteiger partial charge on any atom is 0.135 e. The van der Waals surface area contributed by atoms with Gasteiger partial charge in [0, 0.05) is 18.8 Å². The Morgan fingerprint density at radius 1 is 1.70 bits per heavy atom. The lowest BCUT2D eigenvalue weighted by molar-refractivity contribution is -0.122. The van der Waals surface area contributed by atoms with Crippen molar-refractivity contribution in [3.05, 3.63) is 0 Å². The summed E-state index contributed by atoms with van der Waals surface area (Å²) in [4.78, 5) is 10.9. The molecule has 0 saturated carbocycles. The Labute approximate surface area is 62.8 Å². The van der Waals surface area contributed by atoms with Crippen molar-refractivity contribution in [1.29, 1.82) is 0 Å². The fraction of sp³-hybridized carbons (Fsp3) is 0.667. The van der Waals surface area contributed by atoms with E-state index in [4.69, 9.17) is 6.42 Å². The highest BCUT2D eigenvalue weighted by Crippen LogP contribution is 2.07. The quantitative estimate of drug-likeness (QED) is 0.543. The average molecular weight is 138 g/mol. The lowest BCUT2D eigenvalue weighted by Crippen LogP contribution is -2.08. The highest BCUT2D eigenvalue weighted by molar-refractivity contribution is 5.80. The third-order valence-corrected chi connectivity index (χ3v) is 1.62. The zero-order valence-electron chi connectivity index (χ0n) is 6.68. The first-order valence-corrected chi connectivity index (χ1v) is 3.68. The van der Waals surface area contributed by atoms with E-state index in [1.807, 2.05) is 13.8 Å². The predicted octanol–water partition coefficient (Wildman–Crippen LogP) is 2.01. The van der Waals surface area contributed by atoms with Crippen molar-refractivity contribution >= 4 is 5.78 Å². The van der Waals surface area contributed by atoms with Crippen LogP contribution >= 0.6 is 0 Å². The molecule has 0 rings (SSSR count). The maximum absolute atomic E-state index is 10.9. The van der Waals surface area contributed by atoms with E-state index in [0.29, 0.717) is 18.6 Å². The van der Waals surface area contributed by atoms with Crippen molar-refractivity contribution in [2.24, 2.45) is 5.92 Å². The van der Waals surface area contributed by atoms with Gasteiger partial charge in [-0.3, -0.25) is 4.79 Å². The highest BCUT2D eigenvalue weighted by Gasteiger charge is 2.08. The number of hydrogen-bond donors (Lipinski definition) is 0. The van der Waals surface area contributed by atoms with Gasteiger partial charge in [-0.15, -0.1) is 12.3 Å². The average Bonchev–Trinajstić information content (AvgIpc) is 1.98. The molecule has 1 nitrogen and oxygen atoms in total. The molecule has 0 saturated heterocycles. The number of Topliss-reactive ketones (excluding diaryl/α,β-unsaturated/α-hetero) is 1. The highest BCUT2D eigenvalue weighted by atomic mass is 16.1. The number of hydrogen-bond acceptors (Lipinski definition) is 1. The fourth-order valence-electron chi connectivity index (χ4n) is 0.809. The number of carbonyl (C=O) groups excluding carboxylic acids is 1. The summed E-state index contributed by atoms with van der Waals surface area (Å²) < 4.78 is 0. The maximum atomic E-state index is 10.9. The summed E-state index contributed by atoms with van der Waals surface area (Å²) in [5.74, 6) is 2.99. The standard InChI is InChI=1S/C9H14O/c1-4-6-7-8(3)9(10)5-2/h1,8H,5-7H2,2-3H3. The number of terminal acetylenes is 1. The summed E-state index contributed by atoms with van der Waals surface area (Å²) in [5, 5.41) is 0. The van der Waals surface area contributed by atoms with Crippen LogP contribution in [-0.4, -0.2) is 5.78 Å². The summed E-state index contributed by atoms with van der Waals surface area (Å²) in [7, 11) is 0. The smallest absolute Gasteiger partial charge is 0.135 e. The predicted molar refractivity (Wildman–Crippen MR) is 42.5 cm³/mol. The van der Waals surface area contributed by atoms with E-state index in [1.54, 1.807) is 0 Å². The van der Waals surface area contributed by atoms with Gasteiger partial charge in [0.15, 0.2) is 0 Å². The van der Waals surface area contributed by atoms with Gasteiger partial charge in [-0.05, 0) is 6.42 Å². The van der Waals surface area contributed by atoms with Crippen LogP contribution in [-0.2, 0) is 4.79 Å². The minimum atomic E-state index is 0.154. The van der Waals surface area contributed by atoms with Gasteiger partial charge in [-0.2, -0.15) is 0 Å². The lowest BCUT2D eigenvalue weighted by atomic mass is 9.99. The van der Waals surface area contributed by atoms with Crippen molar-refractivity contribution in [2.45, 2.75) is 33.1 Å². The molecular weight excluding hydrogens is 124 g/mol. The van der Waals surface area contributed by atoms with E-state index in [2.05, 4.69) is 5.92 Å². The van der Waals surface area contributed by atoms with Crippen molar-refractivity contribution in [2.75, 3.05) is 0 Å². The first-order valence-electron chi connectivity index (χ1n) is 3.68. The molecule has 0 aliphatic heterocycles. The molecule has 0 spiro atoms. The molecule has 1 unspecified atom stereocenters. The second-order valence-electron chi connectivity index (χ2n) is 2.46. The van der Waals surface area contributed by atoms with Crippen LogP contribution < -0.4 is 0 Å². The van der Waals surface area contributed by atoms with Crippen molar-refractivity contribution in [1.82, 2.24) is 0 Å². The van der Waals surface area contributed by atoms with Crippen molar-refractivity contribution in [3.63, 3.8) is 0 Å². The lowest BCUT2D eigenvalue weighted by Gasteiger charge is -2.04. The third kappa shape index (κ3) is 3.29. The fourth-order valence-corrected chi connectivity index (χ4v) is 0.809. The molecule has 10 heavy (non-hydrogen) atoms. The van der Waals surface area contributed by atoms with Crippen LogP contribution in [0.1, 0.15) is 33.1 Å². The second-order valence-corrected chi connectivity index (χ2v) is 2.46. The molecule has 0 aromatic rings. The number of rotatable bonds is 4. The van der Waals surface area contributed by atoms with Gasteiger partial charge in [0.05, 0.1) is 0 Å². The van der Waals surface area contributed by atoms with E-state index < -0.39 is 0 Å². The third-order valence-electron chi connectivity index (χ3n) is 1.62. The van der Waals surface area contributed by atoms with Crippen LogP contribution in [0.3, 0.4) is 0 Å². The monoisotopic (exact) mass is 138 g/mol. The first kappa shape index (κ1) is 9.23. The van der Waals surface area contributed by atoms with Crippen molar-refractivity contribution < 1.29 is 4.79 Å². The van der Waals surface area contributed by atoms with E-state index in [0.717, 1.165) is 6.42 Å². The minimum Gasteiger partial charge on any atom is -0.299 e. The Morgan fingerprint density at radius 2 is 2.30 bits per heavy atom. The number of carbonyl (C=O) groups is 1. The van der Waals surface area contributed by atoms with Crippen LogP contribution in [0.4, 0.5) is 0 Å². The van der Waals surface area contributed by atoms with E-state index in [9.17, 15) is 4.79 Å². The van der Waals surface area contributed by atoms with Gasteiger partial charge in [-0.25, -0.2) is 0 Å². The summed E-state index contributed by atoms with van der Waals surface area (Å²) in [6, 6.07) is 0. The Kier molecular flexibility index (Phi) is 4.66. The van der Waals surface area contributed by atoms with E-state index in [-0.39, 0.29) is 5.92 Å². The molecule has 0 heterocycles. The van der Waals surface area contributed by atoms with Gasteiger partial charge in [0.1, 0.15) is 5.78 Å². The topological polar surface area (TPSA) is 17.1 Å². The van der Waals surface area contributed by atoms with E-state index in [1.165, 1.54) is 0 Å². The Bertz CT molecular complexity index is 141. The van der Waals surface area contributed by atoms with E-state index >= 15 is 0 Å². The second kappa shape index (κ2) is 5.05. The van der Waals surface area contributed by atoms with Crippen LogP contribution in [0.5, 0.6) is 0 Å². The molecule has 0 bridgehead atoms. The van der Waals surface area contributed by atoms with Gasteiger partial charge in [0.25, 0.3) is 0 Å². The molecule has 1 atom stereocenters. The Morgan fingerprint density at radius 3 is 2.70 bits per heavy atom. The molecule has 0 aliphatic rings. The molecular formula is C9H14O. The summed E-state index contributed by atoms with van der Waals surface area (Å²) in [5.41, 5.74) is 0. The minimum absolute atomic E-state index is 0.154. The first-order chi connectivity index (χ1) is 4.72. The molecule has 0 fully saturated rings. The molecule has 0 amide bonds. The summed E-state index contributed by atoms with van der Waals surface area (Å²) >= 11 is 0. The van der Waals surface area contributed by atoms with Crippen LogP contribution in [0.15, 0.2) is 0 Å². The zero-order valence-corrected chi connectivity index (χ0v) is 6.68. The summed E-state index contributed by atoms with van der Waals surface area (Å²) in [6.45, 7) is 3.82. The van der Waals surface area contributed by atoms with Gasteiger partial charge < -0.3 is 0 Å². The van der Waals surface area contributed by atoms with Crippen LogP contribution in [0.2, 0.25) is 0 Å². The van der Waals surface area contributed by atoms with Crippen molar-refractivity contribution in [3.8, 4) is 12.3 Å². The van der Waals surface area contributed by atoms with Crippen LogP contribution in [0, 0.1) is 18.3 Å². The van der Waals surface area contributed by atoms with Gasteiger partial charge in [0.2, 0.25) is 0 Å². The largest absolute Gasteiger partial charge is 0.299 e. The number of ketones is 1. The molecule has 0 aliphatic carbocycles. The van der Waals surface area contributed by atoms with Gasteiger partial charge in [-0.1, -0.05) is 13.8 Å². The van der Waals surface area contributed by atoms with Crippen LogP contribution in [0.25, 0.3) is 0 Å². The molecule has 0 aromatic heterocycles. The normalized spacial score (nSPS) is 12.1. The molecule has 0 radical (unpaired) electrons. The molecule has 0 N–H and O–H groups in total. The summed E-state index contributed by atoms with van der Waals surface area (Å²) in [6.07, 6.45) is 7.24. The molecule has 1 heteroatoms. The zero-order chi connectivity index (χ0) is 7.98. The van der Waals surface area contributed by atoms with Gasteiger partial charge >= 0.3 is 0 Å². The Hall–Kier alpha value is -0.770. The SMILES string of the molecule is C#CCCC(C)C(=O)CC.